The van der Waals surface area contributed by atoms with E-state index < -0.39 is 15.5 Å². The number of aryl methyl sites for hydroxylation is 1. The summed E-state index contributed by atoms with van der Waals surface area (Å²) >= 11 is 6.48. The second-order valence-electron chi connectivity index (χ2n) is 6.24. The lowest BCUT2D eigenvalue weighted by atomic mass is 10.0. The monoisotopic (exact) mass is 393 g/mol. The molecule has 8 heteroatoms. The smallest absolute Gasteiger partial charge is 0.220 e. The molecule has 1 saturated heterocycles. The van der Waals surface area contributed by atoms with Gasteiger partial charge in [-0.1, -0.05) is 36.7 Å². The van der Waals surface area contributed by atoms with Gasteiger partial charge in [0.15, 0.2) is 0 Å². The third-order valence-corrected chi connectivity index (χ3v) is 7.20. The molecule has 2 heterocycles. The van der Waals surface area contributed by atoms with E-state index in [4.69, 9.17) is 11.6 Å². The molecule has 0 amide bonds. The first-order valence-corrected chi connectivity index (χ1v) is 10.5. The normalized spacial score (nSPS) is 16.2. The molecular weight excluding hydrogens is 374 g/mol. The summed E-state index contributed by atoms with van der Waals surface area (Å²) in [6.07, 6.45) is 5.64. The van der Waals surface area contributed by atoms with Crippen LogP contribution in [0.15, 0.2) is 29.3 Å². The first kappa shape index (κ1) is 18.7. The van der Waals surface area contributed by atoms with E-state index in [-0.39, 0.29) is 22.0 Å². The molecule has 0 spiro atoms. The van der Waals surface area contributed by atoms with Gasteiger partial charge in [-0.3, -0.25) is 4.79 Å². The fourth-order valence-corrected chi connectivity index (χ4v) is 5.52. The fourth-order valence-electron chi connectivity index (χ4n) is 2.94. The average Bonchev–Trinajstić information content (AvgIpc) is 2.96. The van der Waals surface area contributed by atoms with Crippen LogP contribution in [-0.4, -0.2) is 36.4 Å². The third-order valence-electron chi connectivity index (χ3n) is 4.45. The second kappa shape index (κ2) is 7.25. The van der Waals surface area contributed by atoms with Gasteiger partial charge in [0.05, 0.1) is 26.6 Å². The lowest BCUT2D eigenvalue weighted by Gasteiger charge is -2.17. The van der Waals surface area contributed by atoms with Crippen LogP contribution in [0.1, 0.15) is 40.7 Å². The van der Waals surface area contributed by atoms with Crippen LogP contribution in [0.4, 0.5) is 5.69 Å². The largest absolute Gasteiger partial charge is 0.493 e. The van der Waals surface area contributed by atoms with Crippen molar-refractivity contribution in [3.63, 3.8) is 0 Å². The number of halogens is 1. The quantitative estimate of drug-likeness (QED) is 0.797. The van der Waals surface area contributed by atoms with Gasteiger partial charge in [0.1, 0.15) is 5.56 Å². The highest BCUT2D eigenvalue weighted by atomic mass is 35.5. The van der Waals surface area contributed by atoms with Crippen LogP contribution in [0, 0.1) is 0 Å². The van der Waals surface area contributed by atoms with Crippen molar-refractivity contribution in [1.29, 1.82) is 0 Å². The Balaban J connectivity index is 2.14. The number of aromatic hydroxyl groups is 1. The van der Waals surface area contributed by atoms with Crippen LogP contribution in [0.3, 0.4) is 0 Å². The summed E-state index contributed by atoms with van der Waals surface area (Å²) in [5.74, 6) is 0.352. The van der Waals surface area contributed by atoms with E-state index >= 15 is 0 Å². The van der Waals surface area contributed by atoms with Crippen molar-refractivity contribution >= 4 is 38.9 Å². The molecule has 0 bridgehead atoms. The van der Waals surface area contributed by atoms with Gasteiger partial charge in [-0.25, -0.2) is 8.89 Å². The zero-order chi connectivity index (χ0) is 18.9. The lowest BCUT2D eigenvalue weighted by molar-refractivity contribution is 0.103. The zero-order valence-corrected chi connectivity index (χ0v) is 16.0. The number of rotatable bonds is 4. The van der Waals surface area contributed by atoms with Gasteiger partial charge >= 0.3 is 0 Å². The highest BCUT2D eigenvalue weighted by Gasteiger charge is 2.23. The Morgan fingerprint density at radius 1 is 1.35 bits per heavy atom. The topological polar surface area (TPSA) is 84.6 Å². The molecule has 0 saturated carbocycles. The number of carbonyl (C=O) groups is 1. The molecule has 0 radical (unpaired) electrons. The van der Waals surface area contributed by atoms with Gasteiger partial charge in [-0.05, 0) is 18.9 Å². The number of aromatic nitrogens is 2. The molecule has 1 aliphatic rings. The summed E-state index contributed by atoms with van der Waals surface area (Å²) in [6.45, 7) is 3.75. The van der Waals surface area contributed by atoms with E-state index in [1.54, 1.807) is 18.2 Å². The Morgan fingerprint density at radius 3 is 2.62 bits per heavy atom. The Kier molecular flexibility index (Phi) is 5.20. The van der Waals surface area contributed by atoms with Crippen molar-refractivity contribution in [2.24, 2.45) is 11.4 Å². The number of benzene rings is 1. The predicted molar refractivity (Wildman–Crippen MR) is 104 cm³/mol. The average molecular weight is 394 g/mol. The summed E-state index contributed by atoms with van der Waals surface area (Å²) in [5, 5.41) is 14.0. The molecule has 0 unspecified atom stereocenters. The van der Waals surface area contributed by atoms with Gasteiger partial charge in [-0.15, -0.1) is 0 Å². The summed E-state index contributed by atoms with van der Waals surface area (Å²) in [7, 11) is -0.863. The van der Waals surface area contributed by atoms with Crippen molar-refractivity contribution in [1.82, 2.24) is 9.78 Å². The van der Waals surface area contributed by atoms with E-state index in [1.165, 1.54) is 17.9 Å². The molecule has 1 aromatic heterocycles. The maximum atomic E-state index is 13.0. The predicted octanol–water partition coefficient (Wildman–Crippen LogP) is 3.94. The number of hydrogen-bond donors (Lipinski definition) is 1. The van der Waals surface area contributed by atoms with E-state index in [9.17, 15) is 14.1 Å². The van der Waals surface area contributed by atoms with Gasteiger partial charge in [0, 0.05) is 29.7 Å². The summed E-state index contributed by atoms with van der Waals surface area (Å²) < 4.78 is 18.7. The Labute approximate surface area is 157 Å². The molecule has 138 valence electrons. The molecule has 1 aromatic carbocycles. The standard InChI is InChI=1S/C18H20ClN3O3S/c1-3-12-7-8-13(17(23)14-11-20-22(2)18(14)24)15(19)16(12)21-26(25)9-5-4-6-10-26/h3,7-8,11,24H,1,4-6,9-10H2,2H3. The van der Waals surface area contributed by atoms with E-state index in [2.05, 4.69) is 16.0 Å². The van der Waals surface area contributed by atoms with E-state index in [1.807, 2.05) is 0 Å². The van der Waals surface area contributed by atoms with Crippen LogP contribution in [-0.2, 0) is 16.8 Å². The summed E-state index contributed by atoms with van der Waals surface area (Å²) in [4.78, 5) is 12.8. The van der Waals surface area contributed by atoms with E-state index in [0.29, 0.717) is 22.8 Å². The minimum absolute atomic E-state index is 0.0496. The van der Waals surface area contributed by atoms with Gasteiger partial charge in [0.25, 0.3) is 0 Å². The molecule has 0 atom stereocenters. The third kappa shape index (κ3) is 3.41. The molecule has 6 nitrogen and oxygen atoms in total. The first-order chi connectivity index (χ1) is 12.4. The van der Waals surface area contributed by atoms with Crippen molar-refractivity contribution in [2.75, 3.05) is 11.5 Å². The summed E-state index contributed by atoms with van der Waals surface area (Å²) in [5.41, 5.74) is 1.17. The molecule has 2 aromatic rings. The van der Waals surface area contributed by atoms with E-state index in [0.717, 1.165) is 19.3 Å². The minimum atomic E-state index is -2.39. The number of ketones is 1. The van der Waals surface area contributed by atoms with Gasteiger partial charge in [0.2, 0.25) is 11.7 Å². The lowest BCUT2D eigenvalue weighted by Crippen LogP contribution is -2.16. The molecule has 3 rings (SSSR count). The maximum absolute atomic E-state index is 13.0. The molecule has 1 fully saturated rings. The van der Waals surface area contributed by atoms with Crippen LogP contribution in [0.5, 0.6) is 5.88 Å². The Morgan fingerprint density at radius 2 is 2.04 bits per heavy atom. The van der Waals surface area contributed by atoms with Gasteiger partial charge < -0.3 is 5.11 Å². The van der Waals surface area contributed by atoms with Crippen LogP contribution in [0.25, 0.3) is 6.08 Å². The number of carbonyl (C=O) groups excluding carboxylic acids is 1. The summed E-state index contributed by atoms with van der Waals surface area (Å²) in [6, 6.07) is 3.23. The second-order valence-corrected chi connectivity index (χ2v) is 9.16. The molecule has 1 aliphatic heterocycles. The Bertz CT molecular complexity index is 991. The molecular formula is C18H20ClN3O3S. The number of hydrogen-bond acceptors (Lipinski definition) is 5. The Hall–Kier alpha value is -2.12. The van der Waals surface area contributed by atoms with Crippen LogP contribution < -0.4 is 0 Å². The number of nitrogens with zero attached hydrogens (tertiary/aromatic N) is 3. The minimum Gasteiger partial charge on any atom is -0.493 e. The highest BCUT2D eigenvalue weighted by molar-refractivity contribution is 7.93. The van der Waals surface area contributed by atoms with Gasteiger partial charge in [-0.2, -0.15) is 9.46 Å². The molecule has 0 aliphatic carbocycles. The molecule has 1 N–H and O–H groups in total. The van der Waals surface area contributed by atoms with Crippen molar-refractivity contribution < 1.29 is 14.1 Å². The molecule has 26 heavy (non-hydrogen) atoms. The van der Waals surface area contributed by atoms with Crippen molar-refractivity contribution in [3.8, 4) is 5.88 Å². The van der Waals surface area contributed by atoms with Crippen LogP contribution in [0.2, 0.25) is 5.02 Å². The zero-order valence-electron chi connectivity index (χ0n) is 14.4. The van der Waals surface area contributed by atoms with Crippen LogP contribution >= 0.6 is 11.6 Å². The highest BCUT2D eigenvalue weighted by Crippen LogP contribution is 2.37. The van der Waals surface area contributed by atoms with Crippen molar-refractivity contribution in [2.45, 2.75) is 19.3 Å². The fraction of sp³-hybridized carbons (Fsp3) is 0.333. The maximum Gasteiger partial charge on any atom is 0.220 e. The van der Waals surface area contributed by atoms with Crippen molar-refractivity contribution in [3.05, 3.63) is 46.6 Å². The SMILES string of the molecule is C=Cc1ccc(C(=O)c2cnn(C)c2O)c(Cl)c1N=S1(=O)CCCCC1. The first-order valence-electron chi connectivity index (χ1n) is 8.29.